The van der Waals surface area contributed by atoms with Gasteiger partial charge in [-0.2, -0.15) is 16.9 Å². The van der Waals surface area contributed by atoms with Gasteiger partial charge in [-0.25, -0.2) is 4.98 Å². The van der Waals surface area contributed by atoms with Crippen molar-refractivity contribution < 1.29 is 0 Å². The van der Waals surface area contributed by atoms with E-state index in [2.05, 4.69) is 36.2 Å². The van der Waals surface area contributed by atoms with Gasteiger partial charge in [0.25, 0.3) is 0 Å². The third-order valence-electron chi connectivity index (χ3n) is 2.13. The predicted molar refractivity (Wildman–Crippen MR) is 69.6 cm³/mol. The van der Waals surface area contributed by atoms with E-state index < -0.39 is 0 Å². The molecule has 0 unspecified atom stereocenters. The minimum atomic E-state index is 0.480. The minimum absolute atomic E-state index is 0.480. The highest BCUT2D eigenvalue weighted by Gasteiger charge is 2.01. The summed E-state index contributed by atoms with van der Waals surface area (Å²) in [5.74, 6) is 3.29. The average molecular weight is 242 g/mol. The quantitative estimate of drug-likeness (QED) is 0.707. The molecule has 0 atom stereocenters. The van der Waals surface area contributed by atoms with Gasteiger partial charge in [0.2, 0.25) is 0 Å². The summed E-state index contributed by atoms with van der Waals surface area (Å²) in [6.07, 6.45) is 2.99. The molecule has 0 radical (unpaired) electrons. The fourth-order valence-corrected chi connectivity index (χ4v) is 1.91. The predicted octanol–water partition coefficient (Wildman–Crippen LogP) is 1.92. The number of nitrogens with one attached hydrogen (secondary N) is 1. The van der Waals surface area contributed by atoms with Gasteiger partial charge in [0.1, 0.15) is 6.33 Å². The lowest BCUT2D eigenvalue weighted by atomic mass is 10.4. The van der Waals surface area contributed by atoms with Gasteiger partial charge in [-0.3, -0.25) is 4.68 Å². The number of thioether (sulfide) groups is 1. The van der Waals surface area contributed by atoms with E-state index in [1.165, 1.54) is 17.9 Å². The fraction of sp³-hybridized carbons (Fsp3) is 0.818. The Morgan fingerprint density at radius 1 is 1.50 bits per heavy atom. The number of hydrogen-bond donors (Lipinski definition) is 1. The molecular weight excluding hydrogens is 220 g/mol. The molecule has 4 nitrogen and oxygen atoms in total. The summed E-state index contributed by atoms with van der Waals surface area (Å²) in [6, 6.07) is 0.480. The van der Waals surface area contributed by atoms with Crippen LogP contribution in [0.15, 0.2) is 6.33 Å². The molecule has 0 saturated carbocycles. The maximum Gasteiger partial charge on any atom is 0.164 e. The molecule has 1 N–H and O–H groups in total. The zero-order valence-electron chi connectivity index (χ0n) is 10.4. The van der Waals surface area contributed by atoms with Gasteiger partial charge in [0.15, 0.2) is 5.82 Å². The van der Waals surface area contributed by atoms with Crippen LogP contribution in [-0.2, 0) is 13.1 Å². The first kappa shape index (κ1) is 13.5. The Balaban J connectivity index is 2.22. The van der Waals surface area contributed by atoms with E-state index in [-0.39, 0.29) is 0 Å². The van der Waals surface area contributed by atoms with Gasteiger partial charge in [-0.05, 0) is 17.9 Å². The highest BCUT2D eigenvalue weighted by molar-refractivity contribution is 7.99. The first-order chi connectivity index (χ1) is 7.72. The molecule has 16 heavy (non-hydrogen) atoms. The van der Waals surface area contributed by atoms with Crippen molar-refractivity contribution in [2.24, 2.45) is 0 Å². The molecule has 0 aliphatic carbocycles. The molecule has 1 aromatic rings. The van der Waals surface area contributed by atoms with Crippen molar-refractivity contribution in [1.82, 2.24) is 20.1 Å². The van der Waals surface area contributed by atoms with E-state index in [0.717, 1.165) is 18.9 Å². The van der Waals surface area contributed by atoms with Crippen molar-refractivity contribution in [2.45, 2.75) is 46.3 Å². The maximum atomic E-state index is 4.41. The Morgan fingerprint density at radius 3 is 3.00 bits per heavy atom. The topological polar surface area (TPSA) is 42.7 Å². The van der Waals surface area contributed by atoms with Gasteiger partial charge in [0.05, 0.1) is 6.54 Å². The number of rotatable bonds is 8. The lowest BCUT2D eigenvalue weighted by Crippen LogP contribution is -2.22. The molecule has 0 fully saturated rings. The van der Waals surface area contributed by atoms with Crippen molar-refractivity contribution in [3.8, 4) is 0 Å². The van der Waals surface area contributed by atoms with Crippen LogP contribution in [0.4, 0.5) is 0 Å². The number of aromatic nitrogens is 3. The molecule has 0 aliphatic rings. The molecule has 0 aromatic carbocycles. The lowest BCUT2D eigenvalue weighted by Gasteiger charge is -2.04. The normalized spacial score (nSPS) is 11.2. The molecule has 1 aromatic heterocycles. The fourth-order valence-electron chi connectivity index (χ4n) is 1.29. The second-order valence-electron chi connectivity index (χ2n) is 4.01. The standard InChI is InChI=1S/C11H22N4S/c1-4-16-7-5-6-15-9-13-11(14-15)8-12-10(2)3/h9-10,12H,4-8H2,1-3H3. The summed E-state index contributed by atoms with van der Waals surface area (Å²) in [5, 5.41) is 7.72. The van der Waals surface area contributed by atoms with E-state index >= 15 is 0 Å². The molecule has 0 saturated heterocycles. The van der Waals surface area contributed by atoms with Crippen LogP contribution in [0.1, 0.15) is 33.0 Å². The summed E-state index contributed by atoms with van der Waals surface area (Å²) < 4.78 is 1.94. The van der Waals surface area contributed by atoms with E-state index in [9.17, 15) is 0 Å². The largest absolute Gasteiger partial charge is 0.308 e. The molecule has 0 spiro atoms. The lowest BCUT2D eigenvalue weighted by molar-refractivity contribution is 0.554. The van der Waals surface area contributed by atoms with E-state index in [1.54, 1.807) is 0 Å². The van der Waals surface area contributed by atoms with Crippen molar-refractivity contribution in [3.05, 3.63) is 12.2 Å². The van der Waals surface area contributed by atoms with Crippen LogP contribution in [0.2, 0.25) is 0 Å². The summed E-state index contributed by atoms with van der Waals surface area (Å²) in [5.41, 5.74) is 0. The van der Waals surface area contributed by atoms with E-state index in [0.29, 0.717) is 6.04 Å². The van der Waals surface area contributed by atoms with Crippen LogP contribution in [0.3, 0.4) is 0 Å². The molecule has 0 amide bonds. The second-order valence-corrected chi connectivity index (χ2v) is 5.40. The minimum Gasteiger partial charge on any atom is -0.308 e. The Morgan fingerprint density at radius 2 is 2.31 bits per heavy atom. The van der Waals surface area contributed by atoms with Crippen LogP contribution >= 0.6 is 11.8 Å². The van der Waals surface area contributed by atoms with Crippen LogP contribution in [-0.4, -0.2) is 32.3 Å². The Labute approximate surface area is 102 Å². The van der Waals surface area contributed by atoms with Crippen molar-refractivity contribution in [3.63, 3.8) is 0 Å². The number of hydrogen-bond acceptors (Lipinski definition) is 4. The highest BCUT2D eigenvalue weighted by atomic mass is 32.2. The van der Waals surface area contributed by atoms with E-state index in [1.807, 2.05) is 22.8 Å². The number of aryl methyl sites for hydroxylation is 1. The van der Waals surface area contributed by atoms with Crippen LogP contribution in [0, 0.1) is 0 Å². The van der Waals surface area contributed by atoms with E-state index in [4.69, 9.17) is 0 Å². The summed E-state index contributed by atoms with van der Waals surface area (Å²) in [6.45, 7) is 8.17. The Kier molecular flexibility index (Phi) is 6.49. The highest BCUT2D eigenvalue weighted by Crippen LogP contribution is 2.02. The van der Waals surface area contributed by atoms with Gasteiger partial charge in [0, 0.05) is 12.6 Å². The van der Waals surface area contributed by atoms with Crippen molar-refractivity contribution in [2.75, 3.05) is 11.5 Å². The van der Waals surface area contributed by atoms with Crippen molar-refractivity contribution in [1.29, 1.82) is 0 Å². The molecule has 1 heterocycles. The first-order valence-corrected chi connectivity index (χ1v) is 7.07. The Hall–Kier alpha value is -0.550. The van der Waals surface area contributed by atoms with Gasteiger partial charge in [-0.15, -0.1) is 0 Å². The average Bonchev–Trinajstić information content (AvgIpc) is 2.70. The van der Waals surface area contributed by atoms with Crippen LogP contribution in [0.5, 0.6) is 0 Å². The zero-order chi connectivity index (χ0) is 11.8. The maximum absolute atomic E-state index is 4.41. The second kappa shape index (κ2) is 7.68. The summed E-state index contributed by atoms with van der Waals surface area (Å²) >= 11 is 1.97. The smallest absolute Gasteiger partial charge is 0.164 e. The summed E-state index contributed by atoms with van der Waals surface area (Å²) in [4.78, 5) is 4.27. The van der Waals surface area contributed by atoms with Gasteiger partial charge in [-0.1, -0.05) is 20.8 Å². The molecule has 1 rings (SSSR count). The third kappa shape index (κ3) is 5.51. The number of nitrogens with zero attached hydrogens (tertiary/aromatic N) is 3. The molecule has 5 heteroatoms. The zero-order valence-corrected chi connectivity index (χ0v) is 11.3. The molecule has 92 valence electrons. The third-order valence-corrected chi connectivity index (χ3v) is 3.12. The van der Waals surface area contributed by atoms with Gasteiger partial charge >= 0.3 is 0 Å². The Bertz CT molecular complexity index is 285. The molecule has 0 bridgehead atoms. The SMILES string of the molecule is CCSCCCn1cnc(CNC(C)C)n1. The van der Waals surface area contributed by atoms with Crippen LogP contribution in [0.25, 0.3) is 0 Å². The molecular formula is C11H22N4S. The summed E-state index contributed by atoms with van der Waals surface area (Å²) in [7, 11) is 0. The van der Waals surface area contributed by atoms with Crippen molar-refractivity contribution >= 4 is 11.8 Å². The van der Waals surface area contributed by atoms with Crippen LogP contribution < -0.4 is 5.32 Å². The molecule has 0 aliphatic heterocycles. The first-order valence-electron chi connectivity index (χ1n) is 5.91. The monoisotopic (exact) mass is 242 g/mol. The van der Waals surface area contributed by atoms with Gasteiger partial charge < -0.3 is 5.32 Å².